The largest absolute Gasteiger partial charge is 0.486 e. The zero-order chi connectivity index (χ0) is 11.5. The molecule has 1 heterocycles. The second-order valence-corrected chi connectivity index (χ2v) is 3.95. The van der Waals surface area contributed by atoms with E-state index < -0.39 is 0 Å². The van der Waals surface area contributed by atoms with E-state index in [4.69, 9.17) is 22.1 Å². The number of halogens is 1. The molecule has 0 aliphatic carbocycles. The van der Waals surface area contributed by atoms with Crippen molar-refractivity contribution in [3.05, 3.63) is 40.5 Å². The Labute approximate surface area is 98.4 Å². The standard InChI is InChI=1S/C11H12ClN3O/c1-7-2-3-9(12)10(4-7)16-6-8-5-11(13)15-14-8/h2-5H,6H2,1H3,(H3,13,14,15). The summed E-state index contributed by atoms with van der Waals surface area (Å²) in [5.41, 5.74) is 7.39. The van der Waals surface area contributed by atoms with Crippen molar-refractivity contribution in [2.24, 2.45) is 0 Å². The molecule has 0 aliphatic heterocycles. The fourth-order valence-corrected chi connectivity index (χ4v) is 1.50. The van der Waals surface area contributed by atoms with Crippen molar-refractivity contribution in [3.63, 3.8) is 0 Å². The molecule has 0 radical (unpaired) electrons. The van der Waals surface area contributed by atoms with Crippen molar-refractivity contribution in [1.82, 2.24) is 10.2 Å². The molecule has 5 heteroatoms. The SMILES string of the molecule is Cc1ccc(Cl)c(OCc2cc(N)n[nH]2)c1. The van der Waals surface area contributed by atoms with E-state index in [9.17, 15) is 0 Å². The van der Waals surface area contributed by atoms with E-state index in [1.54, 1.807) is 6.07 Å². The number of aromatic nitrogens is 2. The number of benzene rings is 1. The number of nitrogen functional groups attached to an aromatic ring is 1. The number of nitrogens with one attached hydrogen (secondary N) is 1. The summed E-state index contributed by atoms with van der Waals surface area (Å²) in [6, 6.07) is 7.36. The van der Waals surface area contributed by atoms with E-state index in [1.807, 2.05) is 25.1 Å². The van der Waals surface area contributed by atoms with Crippen LogP contribution in [0, 0.1) is 6.92 Å². The first-order chi connectivity index (χ1) is 7.65. The molecule has 1 aromatic heterocycles. The number of aryl methyl sites for hydroxylation is 1. The van der Waals surface area contributed by atoms with Crippen molar-refractivity contribution in [1.29, 1.82) is 0 Å². The average Bonchev–Trinajstić information content (AvgIpc) is 2.66. The third kappa shape index (κ3) is 2.46. The lowest BCUT2D eigenvalue weighted by Crippen LogP contribution is -1.96. The third-order valence-electron chi connectivity index (χ3n) is 2.12. The molecule has 0 saturated heterocycles. The summed E-state index contributed by atoms with van der Waals surface area (Å²) >= 11 is 5.99. The summed E-state index contributed by atoms with van der Waals surface area (Å²) in [5, 5.41) is 7.17. The molecule has 3 N–H and O–H groups in total. The number of hydrogen-bond donors (Lipinski definition) is 2. The van der Waals surface area contributed by atoms with Crippen LogP contribution >= 0.6 is 11.6 Å². The molecule has 0 saturated carbocycles. The Bertz CT molecular complexity index is 496. The molecule has 0 bridgehead atoms. The van der Waals surface area contributed by atoms with Gasteiger partial charge < -0.3 is 10.5 Å². The van der Waals surface area contributed by atoms with Crippen LogP contribution in [0.3, 0.4) is 0 Å². The summed E-state index contributed by atoms with van der Waals surface area (Å²) in [6.07, 6.45) is 0. The van der Waals surface area contributed by atoms with E-state index in [0.29, 0.717) is 23.2 Å². The summed E-state index contributed by atoms with van der Waals surface area (Å²) < 4.78 is 5.56. The second-order valence-electron chi connectivity index (χ2n) is 3.54. The van der Waals surface area contributed by atoms with Crippen LogP contribution in [0.4, 0.5) is 5.82 Å². The fourth-order valence-electron chi connectivity index (χ4n) is 1.33. The molecule has 0 amide bonds. The monoisotopic (exact) mass is 237 g/mol. The fraction of sp³-hybridized carbons (Fsp3) is 0.182. The number of hydrogen-bond acceptors (Lipinski definition) is 3. The number of ether oxygens (including phenoxy) is 1. The average molecular weight is 238 g/mol. The zero-order valence-electron chi connectivity index (χ0n) is 8.83. The lowest BCUT2D eigenvalue weighted by atomic mass is 10.2. The first kappa shape index (κ1) is 10.8. The van der Waals surface area contributed by atoms with Crippen molar-refractivity contribution < 1.29 is 4.74 Å². The molecule has 1 aromatic carbocycles. The van der Waals surface area contributed by atoms with Crippen LogP contribution in [0.2, 0.25) is 5.02 Å². The smallest absolute Gasteiger partial charge is 0.145 e. The van der Waals surface area contributed by atoms with Gasteiger partial charge in [0.1, 0.15) is 18.2 Å². The summed E-state index contributed by atoms with van der Waals surface area (Å²) in [5.74, 6) is 1.11. The predicted octanol–water partition coefficient (Wildman–Crippen LogP) is 2.53. The summed E-state index contributed by atoms with van der Waals surface area (Å²) in [4.78, 5) is 0. The molecule has 4 nitrogen and oxygen atoms in total. The lowest BCUT2D eigenvalue weighted by Gasteiger charge is -2.07. The molecule has 0 fully saturated rings. The van der Waals surface area contributed by atoms with Gasteiger partial charge in [0.05, 0.1) is 10.7 Å². The molecule has 0 spiro atoms. The van der Waals surface area contributed by atoms with E-state index >= 15 is 0 Å². The van der Waals surface area contributed by atoms with Crippen LogP contribution in [0.15, 0.2) is 24.3 Å². The molecule has 2 rings (SSSR count). The molecular weight excluding hydrogens is 226 g/mol. The minimum atomic E-state index is 0.368. The van der Waals surface area contributed by atoms with Gasteiger partial charge in [0, 0.05) is 6.07 Å². The number of anilines is 1. The van der Waals surface area contributed by atoms with Crippen LogP contribution < -0.4 is 10.5 Å². The highest BCUT2D eigenvalue weighted by Crippen LogP contribution is 2.25. The third-order valence-corrected chi connectivity index (χ3v) is 2.43. The minimum absolute atomic E-state index is 0.368. The van der Waals surface area contributed by atoms with Crippen LogP contribution in [-0.4, -0.2) is 10.2 Å². The maximum Gasteiger partial charge on any atom is 0.145 e. The van der Waals surface area contributed by atoms with Gasteiger partial charge in [-0.2, -0.15) is 5.10 Å². The molecule has 16 heavy (non-hydrogen) atoms. The molecule has 0 atom stereocenters. The van der Waals surface area contributed by atoms with Crippen LogP contribution in [0.25, 0.3) is 0 Å². The van der Waals surface area contributed by atoms with E-state index in [0.717, 1.165) is 11.3 Å². The summed E-state index contributed by atoms with van der Waals surface area (Å²) in [7, 11) is 0. The van der Waals surface area contributed by atoms with Gasteiger partial charge in [0.2, 0.25) is 0 Å². The first-order valence-corrected chi connectivity index (χ1v) is 5.21. The Morgan fingerprint density at radius 3 is 2.94 bits per heavy atom. The first-order valence-electron chi connectivity index (χ1n) is 4.84. The Hall–Kier alpha value is -1.68. The molecule has 0 unspecified atom stereocenters. The van der Waals surface area contributed by atoms with Crippen molar-refractivity contribution in [3.8, 4) is 5.75 Å². The topological polar surface area (TPSA) is 63.9 Å². The van der Waals surface area contributed by atoms with Crippen molar-refractivity contribution >= 4 is 17.4 Å². The number of aromatic amines is 1. The lowest BCUT2D eigenvalue weighted by molar-refractivity contribution is 0.301. The number of H-pyrrole nitrogens is 1. The molecule has 2 aromatic rings. The van der Waals surface area contributed by atoms with Gasteiger partial charge in [0.15, 0.2) is 0 Å². The highest BCUT2D eigenvalue weighted by molar-refractivity contribution is 6.32. The Balaban J connectivity index is 2.07. The van der Waals surface area contributed by atoms with Crippen LogP contribution in [0.1, 0.15) is 11.3 Å². The number of nitrogens with two attached hydrogens (primary N) is 1. The number of nitrogens with zero attached hydrogens (tertiary/aromatic N) is 1. The normalized spacial score (nSPS) is 10.4. The second kappa shape index (κ2) is 4.45. The minimum Gasteiger partial charge on any atom is -0.486 e. The van der Waals surface area contributed by atoms with Crippen molar-refractivity contribution in [2.75, 3.05) is 5.73 Å². The van der Waals surface area contributed by atoms with Gasteiger partial charge in [-0.3, -0.25) is 5.10 Å². The van der Waals surface area contributed by atoms with Gasteiger partial charge in [-0.1, -0.05) is 17.7 Å². The van der Waals surface area contributed by atoms with Crippen LogP contribution in [0.5, 0.6) is 5.75 Å². The Morgan fingerprint density at radius 1 is 1.44 bits per heavy atom. The van der Waals surface area contributed by atoms with Gasteiger partial charge in [-0.05, 0) is 24.6 Å². The predicted molar refractivity (Wildman–Crippen MR) is 63.5 cm³/mol. The highest BCUT2D eigenvalue weighted by Gasteiger charge is 2.03. The number of rotatable bonds is 3. The van der Waals surface area contributed by atoms with E-state index in [1.165, 1.54) is 0 Å². The van der Waals surface area contributed by atoms with Gasteiger partial charge in [0.25, 0.3) is 0 Å². The van der Waals surface area contributed by atoms with Crippen molar-refractivity contribution in [2.45, 2.75) is 13.5 Å². The van der Waals surface area contributed by atoms with Crippen LogP contribution in [-0.2, 0) is 6.61 Å². The molecule has 84 valence electrons. The van der Waals surface area contributed by atoms with Gasteiger partial charge >= 0.3 is 0 Å². The van der Waals surface area contributed by atoms with E-state index in [2.05, 4.69) is 10.2 Å². The Kier molecular flexibility index (Phi) is 3.01. The summed E-state index contributed by atoms with van der Waals surface area (Å²) in [6.45, 7) is 2.35. The Morgan fingerprint density at radius 2 is 2.25 bits per heavy atom. The highest BCUT2D eigenvalue weighted by atomic mass is 35.5. The molecule has 0 aliphatic rings. The quantitative estimate of drug-likeness (QED) is 0.862. The van der Waals surface area contributed by atoms with E-state index in [-0.39, 0.29) is 0 Å². The maximum absolute atomic E-state index is 5.99. The zero-order valence-corrected chi connectivity index (χ0v) is 9.58. The molecular formula is C11H12ClN3O. The maximum atomic E-state index is 5.99. The van der Waals surface area contributed by atoms with Gasteiger partial charge in [-0.25, -0.2) is 0 Å². The van der Waals surface area contributed by atoms with Gasteiger partial charge in [-0.15, -0.1) is 0 Å².